The number of nitrogens with one attached hydrogen (secondary N) is 1. The number of nitrogens with two attached hydrogens (primary N) is 2. The number of urea groups is 1. The summed E-state index contributed by atoms with van der Waals surface area (Å²) in [5, 5.41) is 2.77. The Morgan fingerprint density at radius 2 is 2.06 bits per heavy atom. The van der Waals surface area contributed by atoms with Crippen LogP contribution in [0.2, 0.25) is 10.0 Å². The Morgan fingerprint density at radius 1 is 1.41 bits per heavy atom. The van der Waals surface area contributed by atoms with E-state index >= 15 is 0 Å². The van der Waals surface area contributed by atoms with Crippen molar-refractivity contribution in [3.63, 3.8) is 0 Å². The van der Waals surface area contributed by atoms with Gasteiger partial charge in [-0.05, 0) is 12.1 Å². The van der Waals surface area contributed by atoms with Crippen LogP contribution in [0.25, 0.3) is 0 Å². The van der Waals surface area contributed by atoms with Crippen molar-refractivity contribution in [1.82, 2.24) is 0 Å². The Balaban J connectivity index is 3.06. The first-order valence-corrected chi connectivity index (χ1v) is 5.14. The molecule has 0 aliphatic rings. The summed E-state index contributed by atoms with van der Waals surface area (Å²) in [6, 6.07) is 2.32. The summed E-state index contributed by atoms with van der Waals surface area (Å²) in [5.74, 6) is 0.00806. The van der Waals surface area contributed by atoms with Gasteiger partial charge in [0.2, 0.25) is 0 Å². The molecule has 0 bridgehead atoms. The number of aliphatic imine (C=N–C) groups is 1. The molecule has 17 heavy (non-hydrogen) atoms. The molecule has 1 rings (SSSR count). The van der Waals surface area contributed by atoms with Crippen molar-refractivity contribution >= 4 is 40.9 Å². The maximum Gasteiger partial charge on any atom is 0.348 e. The van der Waals surface area contributed by atoms with Crippen LogP contribution < -0.4 is 21.5 Å². The van der Waals surface area contributed by atoms with Crippen molar-refractivity contribution in [3.8, 4) is 5.75 Å². The van der Waals surface area contributed by atoms with Gasteiger partial charge in [0.25, 0.3) is 0 Å². The summed E-state index contributed by atoms with van der Waals surface area (Å²) in [6.45, 7) is 0. The summed E-state index contributed by atoms with van der Waals surface area (Å²) < 4.78 is 4.98. The largest absolute Gasteiger partial charge is 0.495 e. The lowest BCUT2D eigenvalue weighted by molar-refractivity contribution is 0.259. The zero-order chi connectivity index (χ0) is 13.0. The van der Waals surface area contributed by atoms with Crippen LogP contribution in [0.1, 0.15) is 0 Å². The Kier molecular flexibility index (Phi) is 4.42. The second-order valence-corrected chi connectivity index (χ2v) is 3.69. The third-order valence-corrected chi connectivity index (χ3v) is 2.43. The van der Waals surface area contributed by atoms with Crippen molar-refractivity contribution in [2.75, 3.05) is 12.4 Å². The quantitative estimate of drug-likeness (QED) is 0.566. The van der Waals surface area contributed by atoms with Crippen LogP contribution in [0.3, 0.4) is 0 Å². The van der Waals surface area contributed by atoms with Gasteiger partial charge in [-0.25, -0.2) is 4.79 Å². The molecule has 0 fully saturated rings. The highest BCUT2D eigenvalue weighted by Crippen LogP contribution is 2.37. The first-order chi connectivity index (χ1) is 7.95. The fraction of sp³-hybridized carbons (Fsp3) is 0.111. The van der Waals surface area contributed by atoms with Crippen LogP contribution in [0.5, 0.6) is 5.75 Å². The van der Waals surface area contributed by atoms with Gasteiger partial charge < -0.3 is 21.5 Å². The number of nitrogens with zero attached hydrogens (tertiary/aromatic N) is 1. The second-order valence-electron chi connectivity index (χ2n) is 2.91. The summed E-state index contributed by atoms with van der Waals surface area (Å²) in [6.07, 6.45) is 0. The molecule has 8 heteroatoms. The van der Waals surface area contributed by atoms with Crippen LogP contribution in [0, 0.1) is 0 Å². The van der Waals surface area contributed by atoms with Crippen molar-refractivity contribution in [2.24, 2.45) is 16.5 Å². The maximum absolute atomic E-state index is 11.3. The second kappa shape index (κ2) is 5.60. The molecule has 6 nitrogen and oxygen atoms in total. The average Bonchev–Trinajstić information content (AvgIpc) is 2.23. The van der Waals surface area contributed by atoms with Gasteiger partial charge in [0, 0.05) is 0 Å². The van der Waals surface area contributed by atoms with E-state index in [1.807, 2.05) is 0 Å². The fourth-order valence-corrected chi connectivity index (χ4v) is 1.60. The standard InChI is InChI=1S/C9H10Cl2N4O2/c1-17-5-3-2-4(10)7(6(5)11)14-9(16)15-8(12)13/h2-3H,1H3,(H5,12,13,14,15,16). The molecule has 5 N–H and O–H groups in total. The first kappa shape index (κ1) is 13.4. The van der Waals surface area contributed by atoms with E-state index in [9.17, 15) is 4.79 Å². The van der Waals surface area contributed by atoms with Crippen LogP contribution in [-0.4, -0.2) is 19.1 Å². The molecular weight excluding hydrogens is 267 g/mol. The van der Waals surface area contributed by atoms with E-state index in [0.717, 1.165) is 0 Å². The Morgan fingerprint density at radius 3 is 2.59 bits per heavy atom. The number of ether oxygens (including phenoxy) is 1. The molecule has 1 aromatic carbocycles. The van der Waals surface area contributed by atoms with Crippen LogP contribution in [-0.2, 0) is 0 Å². The number of hydrogen-bond acceptors (Lipinski definition) is 2. The van der Waals surface area contributed by atoms with Gasteiger partial charge in [0.1, 0.15) is 10.8 Å². The van der Waals surface area contributed by atoms with E-state index in [2.05, 4.69) is 10.3 Å². The maximum atomic E-state index is 11.3. The number of benzene rings is 1. The van der Waals surface area contributed by atoms with Gasteiger partial charge in [0.05, 0.1) is 17.8 Å². The number of anilines is 1. The Labute approximate surface area is 108 Å². The summed E-state index contributed by atoms with van der Waals surface area (Å²) in [4.78, 5) is 14.6. The van der Waals surface area contributed by atoms with Gasteiger partial charge in [-0.2, -0.15) is 4.99 Å². The fourth-order valence-electron chi connectivity index (χ4n) is 1.06. The lowest BCUT2D eigenvalue weighted by atomic mass is 10.3. The lowest BCUT2D eigenvalue weighted by Crippen LogP contribution is -2.25. The minimum absolute atomic E-state index is 0.166. The Bertz CT molecular complexity index is 472. The third kappa shape index (κ3) is 3.40. The number of carbonyl (C=O) groups excluding carboxylic acids is 1. The molecular formula is C9H10Cl2N4O2. The number of guanidine groups is 1. The normalized spacial score (nSPS) is 9.59. The molecule has 0 aliphatic heterocycles. The molecule has 0 aliphatic carbocycles. The average molecular weight is 277 g/mol. The van der Waals surface area contributed by atoms with E-state index in [0.29, 0.717) is 5.75 Å². The lowest BCUT2D eigenvalue weighted by Gasteiger charge is -2.10. The minimum Gasteiger partial charge on any atom is -0.495 e. The summed E-state index contributed by atoms with van der Waals surface area (Å²) >= 11 is 11.8. The zero-order valence-electron chi connectivity index (χ0n) is 8.83. The van der Waals surface area contributed by atoms with Crippen LogP contribution in [0.4, 0.5) is 10.5 Å². The molecule has 2 amide bonds. The number of rotatable bonds is 2. The molecule has 0 radical (unpaired) electrons. The molecule has 0 saturated heterocycles. The smallest absolute Gasteiger partial charge is 0.348 e. The highest BCUT2D eigenvalue weighted by molar-refractivity contribution is 6.40. The molecule has 92 valence electrons. The zero-order valence-corrected chi connectivity index (χ0v) is 10.3. The summed E-state index contributed by atoms with van der Waals surface area (Å²) in [7, 11) is 1.44. The molecule has 0 unspecified atom stereocenters. The van der Waals surface area contributed by atoms with Gasteiger partial charge in [-0.15, -0.1) is 0 Å². The molecule has 0 aromatic heterocycles. The van der Waals surface area contributed by atoms with Crippen molar-refractivity contribution in [2.45, 2.75) is 0 Å². The number of carbonyl (C=O) groups is 1. The highest BCUT2D eigenvalue weighted by atomic mass is 35.5. The van der Waals surface area contributed by atoms with Gasteiger partial charge in [-0.1, -0.05) is 23.2 Å². The van der Waals surface area contributed by atoms with Gasteiger partial charge >= 0.3 is 6.03 Å². The molecule has 0 saturated carbocycles. The summed E-state index contributed by atoms with van der Waals surface area (Å²) in [5.41, 5.74) is 10.3. The van der Waals surface area contributed by atoms with E-state index < -0.39 is 6.03 Å². The minimum atomic E-state index is -0.776. The monoisotopic (exact) mass is 276 g/mol. The van der Waals surface area contributed by atoms with E-state index in [1.165, 1.54) is 13.2 Å². The van der Waals surface area contributed by atoms with Crippen molar-refractivity contribution < 1.29 is 9.53 Å². The Hall–Kier alpha value is -1.66. The molecule has 0 heterocycles. The van der Waals surface area contributed by atoms with Crippen molar-refractivity contribution in [1.29, 1.82) is 0 Å². The van der Waals surface area contributed by atoms with Crippen LogP contribution >= 0.6 is 23.2 Å². The highest BCUT2D eigenvalue weighted by Gasteiger charge is 2.13. The predicted octanol–water partition coefficient (Wildman–Crippen LogP) is 1.81. The molecule has 0 spiro atoms. The number of amides is 2. The number of hydrogen-bond donors (Lipinski definition) is 3. The SMILES string of the molecule is COc1ccc(Cl)c(NC(=O)N=C(N)N)c1Cl. The number of halogens is 2. The third-order valence-electron chi connectivity index (χ3n) is 1.74. The molecule has 1 aromatic rings. The van der Waals surface area contributed by atoms with E-state index in [4.69, 9.17) is 39.4 Å². The van der Waals surface area contributed by atoms with Gasteiger partial charge in [-0.3, -0.25) is 0 Å². The topological polar surface area (TPSA) is 103 Å². The van der Waals surface area contributed by atoms with Gasteiger partial charge in [0.15, 0.2) is 5.96 Å². The van der Waals surface area contributed by atoms with Crippen molar-refractivity contribution in [3.05, 3.63) is 22.2 Å². The van der Waals surface area contributed by atoms with E-state index in [1.54, 1.807) is 6.07 Å². The number of methoxy groups -OCH3 is 1. The van der Waals surface area contributed by atoms with E-state index in [-0.39, 0.29) is 21.7 Å². The first-order valence-electron chi connectivity index (χ1n) is 4.38. The molecule has 0 atom stereocenters. The predicted molar refractivity (Wildman–Crippen MR) is 67.8 cm³/mol. The van der Waals surface area contributed by atoms with Crippen LogP contribution in [0.15, 0.2) is 17.1 Å².